The fourth-order valence-electron chi connectivity index (χ4n) is 6.16. The van der Waals surface area contributed by atoms with Crippen molar-refractivity contribution in [2.24, 2.45) is 11.0 Å². The monoisotopic (exact) mass is 588 g/mol. The summed E-state index contributed by atoms with van der Waals surface area (Å²) in [4.78, 5) is 18.8. The van der Waals surface area contributed by atoms with Gasteiger partial charge in [-0.25, -0.2) is 14.4 Å². The third-order valence-corrected chi connectivity index (χ3v) is 8.40. The number of fused-ring (bicyclic) bond motifs is 1. The molecule has 6 rings (SSSR count). The van der Waals surface area contributed by atoms with Crippen molar-refractivity contribution in [2.45, 2.75) is 58.3 Å². The van der Waals surface area contributed by atoms with Crippen LogP contribution in [0.5, 0.6) is 5.75 Å². The molecule has 1 aromatic heterocycles. The van der Waals surface area contributed by atoms with Gasteiger partial charge in [-0.1, -0.05) is 36.4 Å². The molecule has 0 amide bonds. The number of hydrogen-bond donors (Lipinski definition) is 1. The Bertz CT molecular complexity index is 1500. The minimum atomic E-state index is -0.998. The van der Waals surface area contributed by atoms with E-state index in [0.717, 1.165) is 48.4 Å². The Balaban J connectivity index is 1.18. The standard InChI is InChI=1S/C33H37FN4O5/c1-3-42-32-26(33(39)40)17-35-38(32)30-9-5-8-28(36-30)25-7-4-6-21(2)31(25)43-19-22-10-11-24-18-37(14-12-23(24)16-22)29-13-15-41-20-27(29)34/h4-11,16-17,26-27,29,32H,3,12-15,18-20H2,1-2H3,(H,39,40). The van der Waals surface area contributed by atoms with Gasteiger partial charge in [-0.05, 0) is 67.1 Å². The number of para-hydroxylation sites is 1. The summed E-state index contributed by atoms with van der Waals surface area (Å²) in [6.07, 6.45) is 1.29. The van der Waals surface area contributed by atoms with Gasteiger partial charge in [-0.2, -0.15) is 5.10 Å². The molecular weight excluding hydrogens is 551 g/mol. The molecule has 0 radical (unpaired) electrons. The lowest BCUT2D eigenvalue weighted by atomic mass is 9.94. The van der Waals surface area contributed by atoms with Crippen LogP contribution in [0.1, 0.15) is 35.6 Å². The van der Waals surface area contributed by atoms with Gasteiger partial charge in [0.05, 0.1) is 12.3 Å². The van der Waals surface area contributed by atoms with Gasteiger partial charge in [0.25, 0.3) is 0 Å². The number of pyridine rings is 1. The summed E-state index contributed by atoms with van der Waals surface area (Å²) < 4.78 is 32.0. The zero-order chi connectivity index (χ0) is 29.9. The number of aryl methyl sites for hydroxylation is 1. The number of aliphatic carboxylic acids is 1. The number of alkyl halides is 1. The van der Waals surface area contributed by atoms with Crippen LogP contribution in [0.3, 0.4) is 0 Å². The summed E-state index contributed by atoms with van der Waals surface area (Å²) in [6, 6.07) is 17.9. The lowest BCUT2D eigenvalue weighted by Crippen LogP contribution is -2.48. The molecule has 0 bridgehead atoms. The highest BCUT2D eigenvalue weighted by Gasteiger charge is 2.38. The number of carboxylic acid groups (broad SMARTS) is 1. The van der Waals surface area contributed by atoms with E-state index in [1.165, 1.54) is 22.4 Å². The molecule has 226 valence electrons. The molecule has 0 spiro atoms. The molecule has 10 heteroatoms. The number of carbonyl (C=O) groups is 1. The highest BCUT2D eigenvalue weighted by molar-refractivity contribution is 5.92. The van der Waals surface area contributed by atoms with Gasteiger partial charge in [0.15, 0.2) is 12.0 Å². The molecule has 3 aromatic rings. The first-order valence-electron chi connectivity index (χ1n) is 14.9. The Kier molecular flexibility index (Phi) is 8.69. The predicted molar refractivity (Wildman–Crippen MR) is 161 cm³/mol. The van der Waals surface area contributed by atoms with Crippen molar-refractivity contribution in [3.8, 4) is 17.0 Å². The van der Waals surface area contributed by atoms with E-state index < -0.39 is 24.3 Å². The minimum Gasteiger partial charge on any atom is -0.488 e. The fourth-order valence-corrected chi connectivity index (χ4v) is 6.16. The first-order valence-corrected chi connectivity index (χ1v) is 14.9. The number of benzene rings is 2. The number of hydrazone groups is 1. The zero-order valence-electron chi connectivity index (χ0n) is 24.5. The second kappa shape index (κ2) is 12.8. The zero-order valence-corrected chi connectivity index (χ0v) is 24.5. The molecule has 4 atom stereocenters. The van der Waals surface area contributed by atoms with Gasteiger partial charge < -0.3 is 19.3 Å². The lowest BCUT2D eigenvalue weighted by Gasteiger charge is -2.39. The quantitative estimate of drug-likeness (QED) is 0.374. The van der Waals surface area contributed by atoms with Gasteiger partial charge in [0.1, 0.15) is 24.4 Å². The van der Waals surface area contributed by atoms with Crippen LogP contribution in [0.15, 0.2) is 59.7 Å². The predicted octanol–water partition coefficient (Wildman–Crippen LogP) is 4.99. The lowest BCUT2D eigenvalue weighted by molar-refractivity contribution is -0.143. The maximum absolute atomic E-state index is 14.5. The summed E-state index contributed by atoms with van der Waals surface area (Å²) in [5.74, 6) is -0.654. The molecular formula is C33H37FN4O5. The molecule has 2 aromatic carbocycles. The second-order valence-corrected chi connectivity index (χ2v) is 11.2. The van der Waals surface area contributed by atoms with Crippen molar-refractivity contribution in [3.05, 3.63) is 76.9 Å². The number of anilines is 1. The maximum atomic E-state index is 14.5. The number of halogens is 1. The Morgan fingerprint density at radius 1 is 1.16 bits per heavy atom. The topological polar surface area (TPSA) is 96.7 Å². The third kappa shape index (κ3) is 6.13. The number of aromatic nitrogens is 1. The van der Waals surface area contributed by atoms with Gasteiger partial charge in [-0.15, -0.1) is 0 Å². The normalized spacial score (nSPS) is 23.7. The van der Waals surface area contributed by atoms with Crippen LogP contribution in [-0.4, -0.2) is 72.0 Å². The van der Waals surface area contributed by atoms with Gasteiger partial charge in [0.2, 0.25) is 0 Å². The Labute approximate surface area is 250 Å². The van der Waals surface area contributed by atoms with Crippen molar-refractivity contribution < 1.29 is 28.5 Å². The first kappa shape index (κ1) is 29.2. The van der Waals surface area contributed by atoms with Gasteiger partial charge >= 0.3 is 5.97 Å². The minimum absolute atomic E-state index is 0.0718. The fraction of sp³-hybridized carbons (Fsp3) is 0.424. The summed E-state index contributed by atoms with van der Waals surface area (Å²) in [5, 5.41) is 15.4. The molecule has 4 unspecified atom stereocenters. The summed E-state index contributed by atoms with van der Waals surface area (Å²) in [6.45, 7) is 6.97. The van der Waals surface area contributed by atoms with E-state index in [2.05, 4.69) is 28.2 Å². The highest BCUT2D eigenvalue weighted by atomic mass is 19.1. The van der Waals surface area contributed by atoms with E-state index in [1.807, 2.05) is 44.2 Å². The Morgan fingerprint density at radius 3 is 2.84 bits per heavy atom. The molecule has 4 heterocycles. The number of carboxylic acids is 1. The molecule has 0 aliphatic carbocycles. The molecule has 1 N–H and O–H groups in total. The van der Waals surface area contributed by atoms with Crippen LogP contribution < -0.4 is 9.75 Å². The first-order chi connectivity index (χ1) is 20.9. The Hall–Kier alpha value is -3.86. The number of rotatable bonds is 9. The van der Waals surface area contributed by atoms with Crippen LogP contribution >= 0.6 is 0 Å². The van der Waals surface area contributed by atoms with E-state index in [-0.39, 0.29) is 12.6 Å². The molecule has 1 saturated heterocycles. The van der Waals surface area contributed by atoms with Gasteiger partial charge in [-0.3, -0.25) is 9.69 Å². The van der Waals surface area contributed by atoms with Crippen LogP contribution in [0.2, 0.25) is 0 Å². The third-order valence-electron chi connectivity index (χ3n) is 8.40. The van der Waals surface area contributed by atoms with Crippen molar-refractivity contribution in [1.82, 2.24) is 9.88 Å². The van der Waals surface area contributed by atoms with E-state index in [4.69, 9.17) is 19.2 Å². The van der Waals surface area contributed by atoms with E-state index >= 15 is 0 Å². The highest BCUT2D eigenvalue weighted by Crippen LogP contribution is 2.35. The van der Waals surface area contributed by atoms with E-state index in [1.54, 1.807) is 6.07 Å². The van der Waals surface area contributed by atoms with Crippen molar-refractivity contribution in [2.75, 3.05) is 31.4 Å². The van der Waals surface area contributed by atoms with Crippen LogP contribution in [0.25, 0.3) is 11.3 Å². The summed E-state index contributed by atoms with van der Waals surface area (Å²) >= 11 is 0. The number of hydrogen-bond acceptors (Lipinski definition) is 8. The van der Waals surface area contributed by atoms with Crippen LogP contribution in [0.4, 0.5) is 10.2 Å². The van der Waals surface area contributed by atoms with Gasteiger partial charge in [0, 0.05) is 44.1 Å². The van der Waals surface area contributed by atoms with Crippen molar-refractivity contribution >= 4 is 18.0 Å². The molecule has 3 aliphatic heterocycles. The average molecular weight is 589 g/mol. The number of ether oxygens (including phenoxy) is 3. The molecule has 43 heavy (non-hydrogen) atoms. The van der Waals surface area contributed by atoms with Crippen molar-refractivity contribution in [3.63, 3.8) is 0 Å². The second-order valence-electron chi connectivity index (χ2n) is 11.2. The molecule has 3 aliphatic rings. The number of nitrogens with zero attached hydrogens (tertiary/aromatic N) is 4. The van der Waals surface area contributed by atoms with E-state index in [9.17, 15) is 14.3 Å². The average Bonchev–Trinajstić information content (AvgIpc) is 3.44. The smallest absolute Gasteiger partial charge is 0.316 e. The summed E-state index contributed by atoms with van der Waals surface area (Å²) in [5.41, 5.74) is 6.10. The molecule has 9 nitrogen and oxygen atoms in total. The molecule has 1 fully saturated rings. The van der Waals surface area contributed by atoms with Crippen LogP contribution in [-0.2, 0) is 33.8 Å². The van der Waals surface area contributed by atoms with Crippen LogP contribution in [0, 0.1) is 12.8 Å². The summed E-state index contributed by atoms with van der Waals surface area (Å²) in [7, 11) is 0. The van der Waals surface area contributed by atoms with E-state index in [0.29, 0.717) is 31.3 Å². The molecule has 0 saturated carbocycles. The maximum Gasteiger partial charge on any atom is 0.316 e. The SMILES string of the molecule is CCOC1C(C(=O)O)C=NN1c1cccc(-c2cccc(C)c2OCc2ccc3c(c2)CCN(C2CCOCC2F)C3)n1. The largest absolute Gasteiger partial charge is 0.488 e. The van der Waals surface area contributed by atoms with Crippen molar-refractivity contribution in [1.29, 1.82) is 0 Å². The Morgan fingerprint density at radius 2 is 2.02 bits per heavy atom.